The molecule has 0 saturated heterocycles. The summed E-state index contributed by atoms with van der Waals surface area (Å²) in [5, 5.41) is 15.8. The van der Waals surface area contributed by atoms with Crippen molar-refractivity contribution >= 4 is 39.2 Å². The number of aliphatic carboxylic acids is 2. The first kappa shape index (κ1) is 18.2. The first-order valence-electron chi connectivity index (χ1n) is 3.06. The van der Waals surface area contributed by atoms with Gasteiger partial charge in [-0.05, 0) is 13.8 Å². The van der Waals surface area contributed by atoms with E-state index in [2.05, 4.69) is 13.2 Å². The largest absolute Gasteiger partial charge is 0.478 e. The molecule has 4 radical (unpaired) electrons. The maximum Gasteiger partial charge on any atom is 0.330 e. The number of rotatable bonds is 2. The van der Waals surface area contributed by atoms with Gasteiger partial charge in [0.1, 0.15) is 0 Å². The van der Waals surface area contributed by atoms with Gasteiger partial charge in [-0.2, -0.15) is 0 Å². The van der Waals surface area contributed by atoms with Crippen molar-refractivity contribution < 1.29 is 19.8 Å². The molecule has 0 atom stereocenters. The Labute approximate surface area is 97.1 Å². The minimum atomic E-state index is -0.935. The molecule has 0 aromatic heterocycles. The molecule has 72 valence electrons. The Hall–Kier alpha value is -0.658. The molecule has 0 heterocycles. The third kappa shape index (κ3) is 18.4. The SMILES string of the molecule is C=C(C)C(=O)O.C=C(C)C(=O)O.[Pb]. The number of carboxylic acids is 2. The molecule has 0 spiro atoms. The number of hydrogen-bond donors (Lipinski definition) is 2. The Kier molecular flexibility index (Phi) is 13.2. The predicted molar refractivity (Wildman–Crippen MR) is 50.7 cm³/mol. The van der Waals surface area contributed by atoms with Gasteiger partial charge in [-0.15, -0.1) is 0 Å². The van der Waals surface area contributed by atoms with Gasteiger partial charge in [0, 0.05) is 38.4 Å². The van der Waals surface area contributed by atoms with Crippen LogP contribution in [-0.4, -0.2) is 49.5 Å². The van der Waals surface area contributed by atoms with Crippen LogP contribution in [0.1, 0.15) is 13.8 Å². The van der Waals surface area contributed by atoms with Crippen LogP contribution in [0, 0.1) is 0 Å². The van der Waals surface area contributed by atoms with Crippen LogP contribution >= 0.6 is 0 Å². The van der Waals surface area contributed by atoms with E-state index in [1.807, 2.05) is 0 Å². The van der Waals surface area contributed by atoms with Crippen molar-refractivity contribution in [1.82, 2.24) is 0 Å². The van der Waals surface area contributed by atoms with Crippen LogP contribution in [0.2, 0.25) is 0 Å². The Balaban J connectivity index is -0.000000143. The molecule has 0 aliphatic carbocycles. The van der Waals surface area contributed by atoms with Gasteiger partial charge in [-0.1, -0.05) is 13.2 Å². The van der Waals surface area contributed by atoms with Gasteiger partial charge in [0.15, 0.2) is 0 Å². The van der Waals surface area contributed by atoms with E-state index < -0.39 is 11.9 Å². The van der Waals surface area contributed by atoms with Crippen LogP contribution in [0.5, 0.6) is 0 Å². The van der Waals surface area contributed by atoms with Crippen LogP contribution in [0.25, 0.3) is 0 Å². The van der Waals surface area contributed by atoms with E-state index >= 15 is 0 Å². The summed E-state index contributed by atoms with van der Waals surface area (Å²) in [7, 11) is 0. The van der Waals surface area contributed by atoms with Gasteiger partial charge in [0.05, 0.1) is 0 Å². The van der Waals surface area contributed by atoms with Crippen molar-refractivity contribution in [3.63, 3.8) is 0 Å². The standard InChI is InChI=1S/2C4H6O2.Pb/c2*1-3(2)4(5)6;/h2*1H2,2H3,(H,5,6);. The van der Waals surface area contributed by atoms with Gasteiger partial charge >= 0.3 is 11.9 Å². The molecule has 0 rings (SSSR count). The van der Waals surface area contributed by atoms with Crippen molar-refractivity contribution in [2.24, 2.45) is 0 Å². The zero-order valence-electron chi connectivity index (χ0n) is 7.63. The van der Waals surface area contributed by atoms with Gasteiger partial charge in [-0.3, -0.25) is 0 Å². The molecule has 13 heavy (non-hydrogen) atoms. The van der Waals surface area contributed by atoms with Crippen LogP contribution in [0.15, 0.2) is 24.3 Å². The number of hydrogen-bond acceptors (Lipinski definition) is 2. The van der Waals surface area contributed by atoms with Gasteiger partial charge in [0.25, 0.3) is 0 Å². The fourth-order valence-electron chi connectivity index (χ4n) is 0. The normalized spacial score (nSPS) is 6.92. The van der Waals surface area contributed by atoms with Crippen LogP contribution in [0.4, 0.5) is 0 Å². The van der Waals surface area contributed by atoms with E-state index in [0.29, 0.717) is 0 Å². The van der Waals surface area contributed by atoms with Gasteiger partial charge in [0.2, 0.25) is 0 Å². The fourth-order valence-corrected chi connectivity index (χ4v) is 0. The average Bonchev–Trinajstić information content (AvgIpc) is 1.88. The molecule has 0 unspecified atom stereocenters. The first-order chi connectivity index (χ1) is 5.29. The zero-order chi connectivity index (χ0) is 10.3. The maximum atomic E-state index is 9.60. The molecule has 0 bridgehead atoms. The molecule has 0 fully saturated rings. The van der Waals surface area contributed by atoms with Gasteiger partial charge in [-0.25, -0.2) is 9.59 Å². The van der Waals surface area contributed by atoms with E-state index in [9.17, 15) is 9.59 Å². The van der Waals surface area contributed by atoms with E-state index in [1.165, 1.54) is 13.8 Å². The summed E-state index contributed by atoms with van der Waals surface area (Å²) in [5.74, 6) is -1.87. The average molecular weight is 379 g/mol. The van der Waals surface area contributed by atoms with Crippen LogP contribution < -0.4 is 0 Å². The number of carbonyl (C=O) groups is 2. The smallest absolute Gasteiger partial charge is 0.330 e. The minimum Gasteiger partial charge on any atom is -0.478 e. The Morgan fingerprint density at radius 3 is 1.00 bits per heavy atom. The van der Waals surface area contributed by atoms with Crippen molar-refractivity contribution in [3.05, 3.63) is 24.3 Å². The molecule has 0 aromatic carbocycles. The summed E-state index contributed by atoms with van der Waals surface area (Å²) < 4.78 is 0. The second kappa shape index (κ2) is 9.43. The molecular weight excluding hydrogens is 367 g/mol. The van der Waals surface area contributed by atoms with E-state index in [0.717, 1.165) is 0 Å². The Morgan fingerprint density at radius 2 is 1.00 bits per heavy atom. The second-order valence-corrected chi connectivity index (χ2v) is 2.17. The van der Waals surface area contributed by atoms with Gasteiger partial charge < -0.3 is 10.2 Å². The van der Waals surface area contributed by atoms with Crippen molar-refractivity contribution in [3.8, 4) is 0 Å². The van der Waals surface area contributed by atoms with Crippen LogP contribution in [0.3, 0.4) is 0 Å². The van der Waals surface area contributed by atoms with Crippen molar-refractivity contribution in [2.75, 3.05) is 0 Å². The molecule has 0 amide bonds. The molecule has 0 aromatic rings. The summed E-state index contributed by atoms with van der Waals surface area (Å²) in [6, 6.07) is 0. The fraction of sp³-hybridized carbons (Fsp3) is 0.250. The minimum absolute atomic E-state index is 0. The van der Waals surface area contributed by atoms with Crippen molar-refractivity contribution in [1.29, 1.82) is 0 Å². The summed E-state index contributed by atoms with van der Waals surface area (Å²) in [6.45, 7) is 9.20. The van der Waals surface area contributed by atoms with E-state index in [1.54, 1.807) is 0 Å². The maximum absolute atomic E-state index is 9.60. The Bertz CT molecular complexity index is 172. The second-order valence-electron chi connectivity index (χ2n) is 2.17. The molecule has 0 saturated carbocycles. The zero-order valence-corrected chi connectivity index (χ0v) is 11.5. The third-order valence-electron chi connectivity index (χ3n) is 0.730. The molecule has 0 aliphatic heterocycles. The molecule has 0 aliphatic rings. The quantitative estimate of drug-likeness (QED) is 0.553. The summed E-state index contributed by atoms with van der Waals surface area (Å²) >= 11 is 0. The molecule has 4 nitrogen and oxygen atoms in total. The summed E-state index contributed by atoms with van der Waals surface area (Å²) in [4.78, 5) is 19.2. The summed E-state index contributed by atoms with van der Waals surface area (Å²) in [6.07, 6.45) is 0. The molecule has 2 N–H and O–H groups in total. The van der Waals surface area contributed by atoms with E-state index in [4.69, 9.17) is 10.2 Å². The summed E-state index contributed by atoms with van der Waals surface area (Å²) in [5.41, 5.74) is 0.352. The van der Waals surface area contributed by atoms with E-state index in [-0.39, 0.29) is 38.4 Å². The van der Waals surface area contributed by atoms with Crippen molar-refractivity contribution in [2.45, 2.75) is 13.8 Å². The van der Waals surface area contributed by atoms with Crippen LogP contribution in [-0.2, 0) is 9.59 Å². The predicted octanol–water partition coefficient (Wildman–Crippen LogP) is 0.913. The molecule has 5 heteroatoms. The number of carboxylic acid groups (broad SMARTS) is 2. The Morgan fingerprint density at radius 1 is 0.923 bits per heavy atom. The topological polar surface area (TPSA) is 74.6 Å². The monoisotopic (exact) mass is 380 g/mol. The third-order valence-corrected chi connectivity index (χ3v) is 0.730. The molecular formula is C8H12O4Pb. The first-order valence-corrected chi connectivity index (χ1v) is 3.06.